The summed E-state index contributed by atoms with van der Waals surface area (Å²) in [7, 11) is 0. The normalized spacial score (nSPS) is 12.0. The zero-order chi connectivity index (χ0) is 92.4. The molecule has 0 unspecified atom stereocenters. The van der Waals surface area contributed by atoms with Crippen molar-refractivity contribution in [2.24, 2.45) is 0 Å². The molecule has 0 aliphatic rings. The van der Waals surface area contributed by atoms with Gasteiger partial charge in [-0.1, -0.05) is 273 Å². The first-order chi connectivity index (χ1) is 69.9. The van der Waals surface area contributed by atoms with E-state index in [-0.39, 0.29) is 0 Å². The van der Waals surface area contributed by atoms with Crippen molar-refractivity contribution in [3.8, 4) is 90.7 Å². The van der Waals surface area contributed by atoms with Crippen LogP contribution in [0.4, 0.5) is 0 Å². The highest BCUT2D eigenvalue weighted by molar-refractivity contribution is 7.27. The summed E-state index contributed by atoms with van der Waals surface area (Å²) in [5, 5.41) is 18.4. The first-order valence-electron chi connectivity index (χ1n) is 47.2. The Labute approximate surface area is 821 Å². The van der Waals surface area contributed by atoms with Gasteiger partial charge in [0, 0.05) is 166 Å². The molecule has 0 saturated carbocycles. The van der Waals surface area contributed by atoms with E-state index < -0.39 is 0 Å². The van der Waals surface area contributed by atoms with Crippen molar-refractivity contribution >= 4 is 236 Å². The number of benzene rings is 19. The second kappa shape index (κ2) is 32.5. The highest BCUT2D eigenvalue weighted by atomic mass is 32.1. The average Bonchev–Trinajstić information content (AvgIpc) is 1.56. The number of nitrogens with zero attached hydrogens (tertiary/aromatic N) is 10. The molecular weight excluding hydrogens is 1800 g/mol. The van der Waals surface area contributed by atoms with Crippen LogP contribution in [0.25, 0.3) is 281 Å². The van der Waals surface area contributed by atoms with Gasteiger partial charge in [0.15, 0.2) is 17.5 Å². The average molecular weight is 1870 g/mol. The van der Waals surface area contributed by atoms with Gasteiger partial charge in [0.1, 0.15) is 11.2 Å². The van der Waals surface area contributed by atoms with Crippen molar-refractivity contribution in [2.45, 2.75) is 0 Å². The smallest absolute Gasteiger partial charge is 0.160 e. The van der Waals surface area contributed by atoms with Gasteiger partial charge in [0.2, 0.25) is 0 Å². The molecular formula is C126H74N10OS4. The first kappa shape index (κ1) is 80.6. The predicted octanol–water partition coefficient (Wildman–Crippen LogP) is 35.2. The number of rotatable bonds is 10. The van der Waals surface area contributed by atoms with Crippen LogP contribution in [-0.2, 0) is 0 Å². The topological polar surface area (TPSA) is 110 Å². The maximum absolute atomic E-state index is 6.30. The molecule has 15 heteroatoms. The highest BCUT2D eigenvalue weighted by Gasteiger charge is 2.26. The molecule has 0 aliphatic heterocycles. The standard InChI is InChI=1S/C46H28N4S.C40H23N3OS.C40H23N3S2/c1-3-13-29(14-4-1)43-45-44(35-19-9-12-22-42(35)51-45)48-46(47-43)30-23-25-32(26-24-30)50-39-21-11-8-18-34(39)37-27-36-33-17-7-10-20-38(33)49(40(36)28-41(37)50)31-15-5-2-6-16-31;1-2-10-24(11-3-1)37-39-38(29-14-6-9-17-36(29)45-39)42-40(41-37)25-18-20-26(21-19-25)43-32-15-7-4-12-27(32)30-22-31-28-13-5-8-16-34(28)44-35(31)23-33(30)43;1-2-10-24(11-3-1)37-39-38(29-14-6-9-17-35(29)45-39)42-40(41-37)25-18-20-26(21-19-25)43-32-15-7-4-12-27(32)30-22-31-28-13-5-8-16-34(28)44-36(31)23-33(30)43/h1-28H;2*1-23H. The number of aromatic nitrogens is 10. The molecule has 0 amide bonds. The fourth-order valence-electron chi connectivity index (χ4n) is 21.3. The zero-order valence-electron chi connectivity index (χ0n) is 75.2. The lowest BCUT2D eigenvalue weighted by molar-refractivity contribution is 0.669. The Balaban J connectivity index is 0.000000102. The van der Waals surface area contributed by atoms with E-state index in [2.05, 4.69) is 437 Å². The molecule has 19 aromatic carbocycles. The number of hydrogen-bond donors (Lipinski definition) is 0. The molecule has 658 valence electrons. The number of fused-ring (bicyclic) bond motifs is 27. The maximum Gasteiger partial charge on any atom is 0.160 e. The Hall–Kier alpha value is -17.7. The van der Waals surface area contributed by atoms with Crippen molar-refractivity contribution in [1.29, 1.82) is 0 Å². The number of furan rings is 1. The molecule has 0 radical (unpaired) electrons. The van der Waals surface area contributed by atoms with Gasteiger partial charge >= 0.3 is 0 Å². The molecule has 0 aliphatic carbocycles. The molecule has 0 bridgehead atoms. The van der Waals surface area contributed by atoms with E-state index in [1.807, 2.05) is 41.7 Å². The summed E-state index contributed by atoms with van der Waals surface area (Å²) in [5.41, 5.74) is 27.9. The molecule has 0 fully saturated rings. The Morgan fingerprint density at radius 3 is 0.830 bits per heavy atom. The molecule has 0 spiro atoms. The van der Waals surface area contributed by atoms with Crippen LogP contribution in [0.2, 0.25) is 0 Å². The van der Waals surface area contributed by atoms with Crippen LogP contribution < -0.4 is 0 Å². The Kier molecular flexibility index (Phi) is 18.6. The van der Waals surface area contributed by atoms with Crippen LogP contribution in [0.3, 0.4) is 0 Å². The lowest BCUT2D eigenvalue weighted by atomic mass is 10.1. The molecule has 31 aromatic rings. The van der Waals surface area contributed by atoms with E-state index >= 15 is 0 Å². The fraction of sp³-hybridized carbons (Fsp3) is 0. The summed E-state index contributed by atoms with van der Waals surface area (Å²) in [6.45, 7) is 0. The molecule has 0 N–H and O–H groups in total. The molecule has 141 heavy (non-hydrogen) atoms. The van der Waals surface area contributed by atoms with Gasteiger partial charge in [-0.2, -0.15) is 0 Å². The van der Waals surface area contributed by atoms with E-state index in [0.29, 0.717) is 0 Å². The Morgan fingerprint density at radius 1 is 0.163 bits per heavy atom. The predicted molar refractivity (Wildman–Crippen MR) is 595 cm³/mol. The maximum atomic E-state index is 6.30. The SMILES string of the molecule is c1ccc(-c2nc(-c3ccc(-n4c5ccccc5c5cc6c(cc54)oc4ccccc46)cc3)nc3c2sc2ccccc23)cc1.c1ccc(-c2nc(-c3ccc(-n4c5ccccc5c5cc6c(cc54)sc4ccccc46)cc3)nc3c2sc2ccccc23)cc1.c1ccc(-c2nc(-c3ccc(-n4c5ccccc5c5cc6c7ccccc7n(-c7ccccc7)c6cc54)cc3)nc3c2sc2ccccc23)cc1. The third-order valence-electron chi connectivity index (χ3n) is 27.8. The zero-order valence-corrected chi connectivity index (χ0v) is 78.5. The molecule has 11 nitrogen and oxygen atoms in total. The van der Waals surface area contributed by atoms with Crippen LogP contribution in [0.15, 0.2) is 453 Å². The largest absolute Gasteiger partial charge is 0.456 e. The molecule has 0 atom stereocenters. The van der Waals surface area contributed by atoms with Crippen molar-refractivity contribution in [2.75, 3.05) is 0 Å². The number of thiophene rings is 4. The van der Waals surface area contributed by atoms with Gasteiger partial charge in [0.25, 0.3) is 0 Å². The van der Waals surface area contributed by atoms with Crippen molar-refractivity contribution in [3.63, 3.8) is 0 Å². The fourth-order valence-corrected chi connectivity index (χ4v) is 25.9. The van der Waals surface area contributed by atoms with E-state index in [4.69, 9.17) is 34.3 Å². The van der Waals surface area contributed by atoms with Gasteiger partial charge in [0.05, 0.1) is 91.9 Å². The quantitative estimate of drug-likeness (QED) is 0.134. The van der Waals surface area contributed by atoms with E-state index in [1.54, 1.807) is 34.0 Å². The van der Waals surface area contributed by atoms with Gasteiger partial charge in [-0.25, -0.2) is 29.9 Å². The van der Waals surface area contributed by atoms with Crippen molar-refractivity contribution in [1.82, 2.24) is 48.2 Å². The lowest BCUT2D eigenvalue weighted by Gasteiger charge is -2.11. The van der Waals surface area contributed by atoms with Gasteiger partial charge < -0.3 is 22.7 Å². The first-order valence-corrected chi connectivity index (χ1v) is 50.4. The van der Waals surface area contributed by atoms with E-state index in [9.17, 15) is 0 Å². The van der Waals surface area contributed by atoms with Crippen molar-refractivity contribution in [3.05, 3.63) is 449 Å². The van der Waals surface area contributed by atoms with Crippen LogP contribution in [-0.4, -0.2) is 48.2 Å². The summed E-state index contributed by atoms with van der Waals surface area (Å²) < 4.78 is 25.5. The molecule has 0 saturated heterocycles. The summed E-state index contributed by atoms with van der Waals surface area (Å²) in [6.07, 6.45) is 0. The van der Waals surface area contributed by atoms with Crippen molar-refractivity contribution < 1.29 is 4.42 Å². The Morgan fingerprint density at radius 2 is 0.447 bits per heavy atom. The summed E-state index contributed by atoms with van der Waals surface area (Å²) in [6, 6.07) is 159. The summed E-state index contributed by atoms with van der Waals surface area (Å²) in [4.78, 5) is 31.1. The van der Waals surface area contributed by atoms with Crippen LogP contribution in [0, 0.1) is 0 Å². The summed E-state index contributed by atoms with van der Waals surface area (Å²) >= 11 is 7.14. The number of para-hydroxylation sites is 6. The second-order valence-corrected chi connectivity index (χ2v) is 40.1. The number of hydrogen-bond acceptors (Lipinski definition) is 11. The third-order valence-corrected chi connectivity index (χ3v) is 32.4. The highest BCUT2D eigenvalue weighted by Crippen LogP contribution is 2.49. The summed E-state index contributed by atoms with van der Waals surface area (Å²) in [5.74, 6) is 2.20. The minimum Gasteiger partial charge on any atom is -0.456 e. The van der Waals surface area contributed by atoms with Crippen LogP contribution in [0.5, 0.6) is 0 Å². The van der Waals surface area contributed by atoms with E-state index in [0.717, 1.165) is 160 Å². The van der Waals surface area contributed by atoms with Gasteiger partial charge in [-0.05, 0) is 170 Å². The minimum absolute atomic E-state index is 0.725. The third kappa shape index (κ3) is 13.1. The van der Waals surface area contributed by atoms with Gasteiger partial charge in [-0.15, -0.1) is 45.3 Å². The van der Waals surface area contributed by atoms with Crippen LogP contribution in [0.1, 0.15) is 0 Å². The molecule has 12 aromatic heterocycles. The lowest BCUT2D eigenvalue weighted by Crippen LogP contribution is -1.97. The van der Waals surface area contributed by atoms with E-state index in [1.165, 1.54) is 121 Å². The Bertz CT molecular complexity index is 10100. The second-order valence-electron chi connectivity index (χ2n) is 35.8. The molecule has 31 rings (SSSR count). The van der Waals surface area contributed by atoms with Gasteiger partial charge in [-0.3, -0.25) is 0 Å². The van der Waals surface area contributed by atoms with Crippen LogP contribution >= 0.6 is 45.3 Å². The monoisotopic (exact) mass is 1870 g/mol. The minimum atomic E-state index is 0.725. The molecule has 12 heterocycles.